The summed E-state index contributed by atoms with van der Waals surface area (Å²) in [6.07, 6.45) is 5.85. The fraction of sp³-hybridized carbons (Fsp3) is 0.727. The Balaban J connectivity index is 1.93. The summed E-state index contributed by atoms with van der Waals surface area (Å²) in [5, 5.41) is 0. The minimum absolute atomic E-state index is 0.00359. The average molecular weight is 434 g/mol. The number of nitrogen functional groups attached to an aromatic ring is 1. The van der Waals surface area contributed by atoms with E-state index in [2.05, 4.69) is 4.98 Å². The van der Waals surface area contributed by atoms with Crippen molar-refractivity contribution in [1.29, 1.82) is 0 Å². The molecule has 2 amide bonds. The normalized spacial score (nSPS) is 19.5. The van der Waals surface area contributed by atoms with Crippen molar-refractivity contribution < 1.29 is 9.59 Å². The number of aromatic nitrogens is 2. The first-order chi connectivity index (χ1) is 14.7. The molecule has 0 bridgehead atoms. The maximum Gasteiger partial charge on any atom is 0.330 e. The van der Waals surface area contributed by atoms with E-state index in [1.807, 2.05) is 25.7 Å². The van der Waals surface area contributed by atoms with Gasteiger partial charge in [-0.2, -0.15) is 0 Å². The predicted octanol–water partition coefficient (Wildman–Crippen LogP) is 1.70. The number of unbranched alkanes of at least 4 members (excludes halogenated alkanes) is 1. The molecule has 172 valence electrons. The molecular weight excluding hydrogens is 398 g/mol. The number of anilines is 2. The van der Waals surface area contributed by atoms with Gasteiger partial charge in [-0.05, 0) is 25.2 Å². The molecule has 1 aliphatic carbocycles. The van der Waals surface area contributed by atoms with E-state index in [1.165, 1.54) is 9.47 Å². The number of nitrogens with zero attached hydrogens (tertiary/aromatic N) is 3. The highest BCUT2D eigenvalue weighted by Gasteiger charge is 2.41. The molecule has 1 aromatic rings. The average Bonchev–Trinajstić information content (AvgIpc) is 3.36. The van der Waals surface area contributed by atoms with Crippen molar-refractivity contribution in [2.45, 2.75) is 78.3 Å². The van der Waals surface area contributed by atoms with Gasteiger partial charge in [-0.1, -0.05) is 40.0 Å². The molecule has 0 radical (unpaired) electrons. The predicted molar refractivity (Wildman–Crippen MR) is 120 cm³/mol. The molecule has 1 saturated heterocycles. The maximum absolute atomic E-state index is 13.5. The van der Waals surface area contributed by atoms with Crippen LogP contribution in [0.1, 0.15) is 65.7 Å². The van der Waals surface area contributed by atoms with Crippen LogP contribution in [0.5, 0.6) is 0 Å². The van der Waals surface area contributed by atoms with Crippen LogP contribution in [0.4, 0.5) is 11.5 Å². The van der Waals surface area contributed by atoms with Crippen molar-refractivity contribution in [3.05, 3.63) is 20.8 Å². The van der Waals surface area contributed by atoms with Gasteiger partial charge in [0.2, 0.25) is 11.8 Å². The Kier molecular flexibility index (Phi) is 7.23. The molecule has 1 unspecified atom stereocenters. The topological polar surface area (TPSA) is 121 Å². The summed E-state index contributed by atoms with van der Waals surface area (Å²) in [4.78, 5) is 56.8. The van der Waals surface area contributed by atoms with Gasteiger partial charge >= 0.3 is 5.69 Å². The lowest BCUT2D eigenvalue weighted by atomic mass is 10.1. The van der Waals surface area contributed by atoms with E-state index in [1.54, 1.807) is 0 Å². The van der Waals surface area contributed by atoms with Gasteiger partial charge in [0.1, 0.15) is 5.82 Å². The number of H-pyrrole nitrogens is 1. The van der Waals surface area contributed by atoms with Crippen LogP contribution >= 0.6 is 0 Å². The van der Waals surface area contributed by atoms with Gasteiger partial charge in [0.05, 0.1) is 5.92 Å². The minimum atomic E-state index is -0.663. The summed E-state index contributed by atoms with van der Waals surface area (Å²) in [6, 6.07) is 0.218. The van der Waals surface area contributed by atoms with Gasteiger partial charge in [0.15, 0.2) is 5.69 Å². The number of aromatic amines is 1. The van der Waals surface area contributed by atoms with Crippen molar-refractivity contribution in [2.75, 3.05) is 23.7 Å². The van der Waals surface area contributed by atoms with E-state index >= 15 is 0 Å². The van der Waals surface area contributed by atoms with E-state index in [0.717, 1.165) is 32.1 Å². The third-order valence-corrected chi connectivity index (χ3v) is 6.31. The van der Waals surface area contributed by atoms with Crippen molar-refractivity contribution >= 4 is 23.3 Å². The summed E-state index contributed by atoms with van der Waals surface area (Å²) < 4.78 is 1.32. The molecule has 1 saturated carbocycles. The molecule has 3 rings (SSSR count). The molecule has 1 aliphatic heterocycles. The lowest BCUT2D eigenvalue weighted by molar-refractivity contribution is -0.130. The number of likely N-dealkylation sites (tertiary alicyclic amines) is 1. The van der Waals surface area contributed by atoms with E-state index < -0.39 is 17.2 Å². The molecule has 1 atom stereocenters. The monoisotopic (exact) mass is 433 g/mol. The highest BCUT2D eigenvalue weighted by atomic mass is 16.2. The standard InChI is InChI=1S/C22H35N5O4/c1-4-5-10-25(18-19(23)27(12-14(2)3)22(31)24-20(18)29)21(30)15-11-17(28)26(13-15)16-8-6-7-9-16/h14-16H,4-13,23H2,1-3H3,(H,24,29,31). The van der Waals surface area contributed by atoms with Gasteiger partial charge < -0.3 is 15.5 Å². The van der Waals surface area contributed by atoms with Gasteiger partial charge in [0.25, 0.3) is 5.56 Å². The summed E-state index contributed by atoms with van der Waals surface area (Å²) in [6.45, 7) is 6.92. The lowest BCUT2D eigenvalue weighted by Gasteiger charge is -2.28. The van der Waals surface area contributed by atoms with Crippen molar-refractivity contribution in [3.8, 4) is 0 Å². The fourth-order valence-electron chi connectivity index (χ4n) is 4.72. The summed E-state index contributed by atoms with van der Waals surface area (Å²) in [5.74, 6) is -0.634. The summed E-state index contributed by atoms with van der Waals surface area (Å²) >= 11 is 0. The van der Waals surface area contributed by atoms with E-state index in [-0.39, 0.29) is 41.7 Å². The Hall–Kier alpha value is -2.58. The molecule has 9 heteroatoms. The van der Waals surface area contributed by atoms with Crippen molar-refractivity contribution in [1.82, 2.24) is 14.5 Å². The van der Waals surface area contributed by atoms with Crippen LogP contribution in [0.3, 0.4) is 0 Å². The molecule has 31 heavy (non-hydrogen) atoms. The lowest BCUT2D eigenvalue weighted by Crippen LogP contribution is -2.45. The van der Waals surface area contributed by atoms with Crippen LogP contribution in [0, 0.1) is 11.8 Å². The van der Waals surface area contributed by atoms with Crippen LogP contribution in [-0.2, 0) is 16.1 Å². The second-order valence-electron chi connectivity index (χ2n) is 9.23. The quantitative estimate of drug-likeness (QED) is 0.646. The molecule has 2 fully saturated rings. The molecule has 3 N–H and O–H groups in total. The van der Waals surface area contributed by atoms with Crippen LogP contribution < -0.4 is 21.9 Å². The molecule has 9 nitrogen and oxygen atoms in total. The van der Waals surface area contributed by atoms with Gasteiger partial charge in [-0.25, -0.2) is 4.79 Å². The number of nitrogens with one attached hydrogen (secondary N) is 1. The molecule has 2 heterocycles. The van der Waals surface area contributed by atoms with Crippen LogP contribution in [0.25, 0.3) is 0 Å². The summed E-state index contributed by atoms with van der Waals surface area (Å²) in [7, 11) is 0. The third kappa shape index (κ3) is 4.85. The Labute approximate surface area is 182 Å². The minimum Gasteiger partial charge on any atom is -0.383 e. The fourth-order valence-corrected chi connectivity index (χ4v) is 4.72. The van der Waals surface area contributed by atoms with Crippen LogP contribution in [-0.4, -0.2) is 45.4 Å². The van der Waals surface area contributed by atoms with E-state index in [0.29, 0.717) is 26.1 Å². The summed E-state index contributed by atoms with van der Waals surface area (Å²) in [5.41, 5.74) is 5.05. The van der Waals surface area contributed by atoms with Crippen LogP contribution in [0.15, 0.2) is 9.59 Å². The van der Waals surface area contributed by atoms with Gasteiger partial charge in [-0.3, -0.25) is 23.9 Å². The SMILES string of the molecule is CCCCN(C(=O)C1CC(=O)N(C2CCCC2)C1)c1c(N)n(CC(C)C)c(=O)[nH]c1=O. The smallest absolute Gasteiger partial charge is 0.330 e. The Morgan fingerprint density at radius 2 is 1.90 bits per heavy atom. The number of hydrogen-bond donors (Lipinski definition) is 2. The van der Waals surface area contributed by atoms with Crippen molar-refractivity contribution in [2.24, 2.45) is 11.8 Å². The molecule has 0 aromatic carbocycles. The zero-order valence-electron chi connectivity index (χ0n) is 18.9. The number of amides is 2. The number of rotatable bonds is 8. The van der Waals surface area contributed by atoms with Gasteiger partial charge in [-0.15, -0.1) is 0 Å². The molecular formula is C22H35N5O4. The largest absolute Gasteiger partial charge is 0.383 e. The van der Waals surface area contributed by atoms with E-state index in [4.69, 9.17) is 5.73 Å². The Morgan fingerprint density at radius 3 is 2.52 bits per heavy atom. The van der Waals surface area contributed by atoms with E-state index in [9.17, 15) is 19.2 Å². The zero-order chi connectivity index (χ0) is 22.7. The molecule has 0 spiro atoms. The first-order valence-corrected chi connectivity index (χ1v) is 11.5. The highest BCUT2D eigenvalue weighted by molar-refractivity contribution is 6.00. The zero-order valence-corrected chi connectivity index (χ0v) is 18.9. The second-order valence-corrected chi connectivity index (χ2v) is 9.23. The van der Waals surface area contributed by atoms with Crippen molar-refractivity contribution in [3.63, 3.8) is 0 Å². The highest BCUT2D eigenvalue weighted by Crippen LogP contribution is 2.31. The van der Waals surface area contributed by atoms with Gasteiger partial charge in [0, 0.05) is 32.1 Å². The molecule has 1 aromatic heterocycles. The second kappa shape index (κ2) is 9.70. The maximum atomic E-state index is 13.5. The number of nitrogens with two attached hydrogens (primary N) is 1. The number of carbonyl (C=O) groups excluding carboxylic acids is 2. The Bertz CT molecular complexity index is 929. The first kappa shape index (κ1) is 23.1. The molecule has 2 aliphatic rings. The Morgan fingerprint density at radius 1 is 1.23 bits per heavy atom. The number of carbonyl (C=O) groups is 2. The third-order valence-electron chi connectivity index (χ3n) is 6.31. The number of hydrogen-bond acceptors (Lipinski definition) is 5. The van der Waals surface area contributed by atoms with Crippen LogP contribution in [0.2, 0.25) is 0 Å². The first-order valence-electron chi connectivity index (χ1n) is 11.5.